The molecule has 0 saturated heterocycles. The van der Waals surface area contributed by atoms with Gasteiger partial charge in [-0.3, -0.25) is 20.4 Å². The lowest BCUT2D eigenvalue weighted by molar-refractivity contribution is -0.124. The highest BCUT2D eigenvalue weighted by molar-refractivity contribution is 9.10. The van der Waals surface area contributed by atoms with Crippen molar-refractivity contribution in [1.29, 1.82) is 0 Å². The van der Waals surface area contributed by atoms with Crippen molar-refractivity contribution in [2.75, 3.05) is 0 Å². The number of amides is 4. The molecule has 0 spiro atoms. The Bertz CT molecular complexity index is 546. The number of hydrogen-bond acceptors (Lipinski definition) is 3. The fraction of sp³-hybridized carbons (Fsp3) is 0.357. The van der Waals surface area contributed by atoms with Gasteiger partial charge in [-0.1, -0.05) is 29.8 Å². The topological polar surface area (TPSA) is 113 Å². The Morgan fingerprint density at radius 2 is 1.73 bits per heavy atom. The van der Waals surface area contributed by atoms with Gasteiger partial charge in [-0.05, 0) is 36.6 Å². The molecule has 0 aliphatic rings. The minimum atomic E-state index is -0.803. The monoisotopic (exact) mass is 370 g/mol. The number of halogens is 1. The second-order valence-corrected chi connectivity index (χ2v) is 6.06. The highest BCUT2D eigenvalue weighted by Crippen LogP contribution is 2.10. The predicted molar refractivity (Wildman–Crippen MR) is 85.7 cm³/mol. The fourth-order valence-corrected chi connectivity index (χ4v) is 2.02. The second-order valence-electron chi connectivity index (χ2n) is 5.14. The Hall–Kier alpha value is -2.09. The van der Waals surface area contributed by atoms with E-state index in [4.69, 9.17) is 5.73 Å². The summed E-state index contributed by atoms with van der Waals surface area (Å²) in [6.45, 7) is 3.81. The van der Waals surface area contributed by atoms with Crippen molar-refractivity contribution in [1.82, 2.24) is 16.2 Å². The lowest BCUT2D eigenvalue weighted by Gasteiger charge is -2.19. The van der Waals surface area contributed by atoms with Crippen LogP contribution in [0.25, 0.3) is 0 Å². The van der Waals surface area contributed by atoms with Crippen LogP contribution in [-0.4, -0.2) is 23.9 Å². The molecule has 0 aromatic heterocycles. The van der Waals surface area contributed by atoms with E-state index in [0.29, 0.717) is 12.0 Å². The van der Waals surface area contributed by atoms with Gasteiger partial charge >= 0.3 is 6.03 Å². The zero-order chi connectivity index (χ0) is 16.7. The lowest BCUT2D eigenvalue weighted by atomic mass is 10.0. The number of nitrogens with one attached hydrogen (secondary N) is 3. The molecule has 0 saturated carbocycles. The van der Waals surface area contributed by atoms with E-state index in [1.807, 2.05) is 13.8 Å². The minimum absolute atomic E-state index is 0.171. The smallest absolute Gasteiger partial charge is 0.312 e. The van der Waals surface area contributed by atoms with Crippen LogP contribution in [0.4, 0.5) is 4.79 Å². The molecule has 0 heterocycles. The summed E-state index contributed by atoms with van der Waals surface area (Å²) in [5, 5.41) is 2.35. The minimum Gasteiger partial charge on any atom is -0.352 e. The van der Waals surface area contributed by atoms with Gasteiger partial charge < -0.3 is 11.1 Å². The molecule has 4 amide bonds. The number of urea groups is 1. The summed E-state index contributed by atoms with van der Waals surface area (Å²) < 4.78 is 0.843. The number of nitrogens with two attached hydrogens (primary N) is 1. The van der Waals surface area contributed by atoms with Gasteiger partial charge in [-0.15, -0.1) is 0 Å². The van der Waals surface area contributed by atoms with Gasteiger partial charge in [0.25, 0.3) is 11.8 Å². The molecule has 0 unspecified atom stereocenters. The molecule has 0 aliphatic carbocycles. The Morgan fingerprint density at radius 1 is 1.14 bits per heavy atom. The summed E-state index contributed by atoms with van der Waals surface area (Å²) in [5.41, 5.74) is 10.0. The normalized spacial score (nSPS) is 11.6. The Kier molecular flexibility index (Phi) is 6.84. The molecule has 1 rings (SSSR count). The first-order valence-corrected chi connectivity index (χ1v) is 7.50. The number of carbonyl (C=O) groups excluding carboxylic acids is 3. The highest BCUT2D eigenvalue weighted by atomic mass is 79.9. The number of benzene rings is 1. The van der Waals surface area contributed by atoms with Crippen LogP contribution in [0.15, 0.2) is 28.7 Å². The number of rotatable bonds is 5. The summed E-state index contributed by atoms with van der Waals surface area (Å²) in [4.78, 5) is 34.8. The quantitative estimate of drug-likeness (QED) is 0.585. The Balaban J connectivity index is 2.59. The summed E-state index contributed by atoms with van der Waals surface area (Å²) >= 11 is 3.27. The molecule has 8 heteroatoms. The van der Waals surface area contributed by atoms with Gasteiger partial charge in [0.1, 0.15) is 6.04 Å². The van der Waals surface area contributed by atoms with E-state index in [1.54, 1.807) is 24.3 Å². The van der Waals surface area contributed by atoms with Gasteiger partial charge in [0.15, 0.2) is 0 Å². The van der Waals surface area contributed by atoms with Crippen molar-refractivity contribution in [3.05, 3.63) is 34.3 Å². The van der Waals surface area contributed by atoms with E-state index in [2.05, 4.69) is 32.1 Å². The third-order valence-electron chi connectivity index (χ3n) is 2.75. The number of hydrazine groups is 1. The maximum Gasteiger partial charge on any atom is 0.312 e. The molecule has 5 N–H and O–H groups in total. The predicted octanol–water partition coefficient (Wildman–Crippen LogP) is 1.29. The molecule has 0 aliphatic heterocycles. The van der Waals surface area contributed by atoms with Crippen LogP contribution in [0.1, 0.15) is 30.6 Å². The van der Waals surface area contributed by atoms with E-state index in [0.717, 1.165) is 4.47 Å². The third kappa shape index (κ3) is 6.13. The summed E-state index contributed by atoms with van der Waals surface area (Å²) in [6.07, 6.45) is 0.406. The number of hydrogen-bond donors (Lipinski definition) is 4. The highest BCUT2D eigenvalue weighted by Gasteiger charge is 2.21. The van der Waals surface area contributed by atoms with Gasteiger partial charge in [0.2, 0.25) is 0 Å². The molecule has 1 aromatic carbocycles. The van der Waals surface area contributed by atoms with Crippen molar-refractivity contribution in [2.24, 2.45) is 11.7 Å². The Labute approximate surface area is 137 Å². The van der Waals surface area contributed by atoms with E-state index >= 15 is 0 Å². The van der Waals surface area contributed by atoms with E-state index in [1.165, 1.54) is 0 Å². The van der Waals surface area contributed by atoms with Crippen LogP contribution >= 0.6 is 15.9 Å². The van der Waals surface area contributed by atoms with E-state index in [-0.39, 0.29) is 5.92 Å². The molecule has 22 heavy (non-hydrogen) atoms. The third-order valence-corrected chi connectivity index (χ3v) is 3.27. The molecule has 0 radical (unpaired) electrons. The second kappa shape index (κ2) is 8.38. The van der Waals surface area contributed by atoms with Crippen LogP contribution in [0.5, 0.6) is 0 Å². The van der Waals surface area contributed by atoms with Gasteiger partial charge in [-0.2, -0.15) is 0 Å². The zero-order valence-electron chi connectivity index (χ0n) is 12.4. The van der Waals surface area contributed by atoms with Crippen LogP contribution in [0.3, 0.4) is 0 Å². The van der Waals surface area contributed by atoms with Gasteiger partial charge in [0.05, 0.1) is 0 Å². The fourth-order valence-electron chi connectivity index (χ4n) is 1.75. The van der Waals surface area contributed by atoms with Crippen molar-refractivity contribution >= 4 is 33.8 Å². The molecule has 0 fully saturated rings. The number of carbonyl (C=O) groups is 3. The first-order valence-electron chi connectivity index (χ1n) is 6.71. The van der Waals surface area contributed by atoms with Crippen LogP contribution in [0, 0.1) is 5.92 Å². The van der Waals surface area contributed by atoms with E-state index < -0.39 is 23.9 Å². The summed E-state index contributed by atoms with van der Waals surface area (Å²) in [5.74, 6) is -0.814. The molecular formula is C14H19BrN4O3. The lowest BCUT2D eigenvalue weighted by Crippen LogP contribution is -2.53. The average molecular weight is 371 g/mol. The number of primary amides is 1. The first-order chi connectivity index (χ1) is 10.3. The van der Waals surface area contributed by atoms with Crippen LogP contribution < -0.4 is 21.9 Å². The molecule has 120 valence electrons. The zero-order valence-corrected chi connectivity index (χ0v) is 13.9. The van der Waals surface area contributed by atoms with Crippen molar-refractivity contribution in [3.63, 3.8) is 0 Å². The molecule has 1 aromatic rings. The SMILES string of the molecule is CC(C)C[C@@H](NC(N)=O)C(=O)NNC(=O)c1ccc(Br)cc1. The van der Waals surface area contributed by atoms with Crippen molar-refractivity contribution in [3.8, 4) is 0 Å². The van der Waals surface area contributed by atoms with Crippen LogP contribution in [0.2, 0.25) is 0 Å². The standard InChI is InChI=1S/C14H19BrN4O3/c1-8(2)7-11(17-14(16)22)13(21)19-18-12(20)9-3-5-10(15)6-4-9/h3-6,8,11H,7H2,1-2H3,(H,18,20)(H,19,21)(H3,16,17,22)/t11-/m1/s1. The van der Waals surface area contributed by atoms with E-state index in [9.17, 15) is 14.4 Å². The molecule has 0 bridgehead atoms. The van der Waals surface area contributed by atoms with Crippen molar-refractivity contribution < 1.29 is 14.4 Å². The molecule has 7 nitrogen and oxygen atoms in total. The maximum atomic E-state index is 12.0. The first kappa shape index (κ1) is 18.0. The average Bonchev–Trinajstić information content (AvgIpc) is 2.43. The van der Waals surface area contributed by atoms with Gasteiger partial charge in [0, 0.05) is 10.0 Å². The van der Waals surface area contributed by atoms with Crippen molar-refractivity contribution in [2.45, 2.75) is 26.3 Å². The molecular weight excluding hydrogens is 352 g/mol. The summed E-state index contributed by atoms with van der Waals surface area (Å²) in [6, 6.07) is 5.06. The largest absolute Gasteiger partial charge is 0.352 e. The van der Waals surface area contributed by atoms with Crippen LogP contribution in [-0.2, 0) is 4.79 Å². The van der Waals surface area contributed by atoms with Gasteiger partial charge in [-0.25, -0.2) is 4.79 Å². The summed E-state index contributed by atoms with van der Waals surface area (Å²) in [7, 11) is 0. The Morgan fingerprint density at radius 3 is 2.23 bits per heavy atom. The molecule has 1 atom stereocenters. The maximum absolute atomic E-state index is 12.0.